The van der Waals surface area contributed by atoms with Gasteiger partial charge in [0.15, 0.2) is 11.5 Å². The van der Waals surface area contributed by atoms with Crippen molar-refractivity contribution in [1.29, 1.82) is 0 Å². The van der Waals surface area contributed by atoms with Crippen molar-refractivity contribution in [2.24, 2.45) is 0 Å². The maximum absolute atomic E-state index is 12.5. The molecule has 2 rings (SSSR count). The number of anilines is 1. The lowest BCUT2D eigenvalue weighted by Crippen LogP contribution is -2.31. The Morgan fingerprint density at radius 2 is 2.07 bits per heavy atom. The predicted molar refractivity (Wildman–Crippen MR) is 90.8 cm³/mol. The Morgan fingerprint density at radius 1 is 1.33 bits per heavy atom. The number of β-amino-alcohol motifs (C(OH)–C–C–N with tert-alkyl or cyclic N) is 1. The number of carbonyl (C=O) groups is 2. The molecule has 10 heteroatoms. The third kappa shape index (κ3) is 4.85. The summed E-state index contributed by atoms with van der Waals surface area (Å²) in [5.74, 6) is -0.847. The van der Waals surface area contributed by atoms with E-state index in [9.17, 15) is 18.4 Å². The molecule has 0 radical (unpaired) electrons. The number of aliphatic hydroxyl groups is 1. The van der Waals surface area contributed by atoms with E-state index in [1.165, 1.54) is 37.3 Å². The van der Waals surface area contributed by atoms with Crippen molar-refractivity contribution in [3.05, 3.63) is 29.5 Å². The first-order chi connectivity index (χ1) is 12.9. The Hall–Kier alpha value is -2.88. The number of ether oxygens (including phenoxy) is 3. The van der Waals surface area contributed by atoms with Gasteiger partial charge in [-0.2, -0.15) is 0 Å². The molecule has 1 aliphatic heterocycles. The lowest BCUT2D eigenvalue weighted by molar-refractivity contribution is -0.136. The van der Waals surface area contributed by atoms with Gasteiger partial charge in [-0.25, -0.2) is 13.6 Å². The number of nitrogens with zero attached hydrogens (tertiary/aromatic N) is 1. The third-order valence-corrected chi connectivity index (χ3v) is 3.75. The molecule has 0 aliphatic carbocycles. The fourth-order valence-corrected chi connectivity index (χ4v) is 2.51. The number of methoxy groups -OCH3 is 2. The Kier molecular flexibility index (Phi) is 6.94. The van der Waals surface area contributed by atoms with Gasteiger partial charge in [0.1, 0.15) is 12.3 Å². The number of halogens is 2. The topological polar surface area (TPSA) is 97.3 Å². The normalized spacial score (nSPS) is 14.0. The molecule has 2 N–H and O–H groups in total. The molecule has 0 fully saturated rings. The molecular weight excluding hydrogens is 366 g/mol. The molecule has 1 amide bonds. The zero-order chi connectivity index (χ0) is 20.0. The highest BCUT2D eigenvalue weighted by atomic mass is 19.3. The van der Waals surface area contributed by atoms with Crippen LogP contribution >= 0.6 is 0 Å². The summed E-state index contributed by atoms with van der Waals surface area (Å²) in [6.07, 6.45) is -2.63. The largest absolute Gasteiger partial charge is 0.493 e. The Morgan fingerprint density at radius 3 is 2.67 bits per heavy atom. The van der Waals surface area contributed by atoms with Crippen molar-refractivity contribution in [2.75, 3.05) is 45.8 Å². The molecule has 0 aromatic heterocycles. The fraction of sp³-hybridized carbons (Fsp3) is 0.412. The molecular formula is C17H20F2N2O6. The highest BCUT2D eigenvalue weighted by molar-refractivity contribution is 6.08. The molecule has 0 bridgehead atoms. The zero-order valence-electron chi connectivity index (χ0n) is 14.8. The van der Waals surface area contributed by atoms with Crippen LogP contribution in [0.1, 0.15) is 0 Å². The summed E-state index contributed by atoms with van der Waals surface area (Å²) in [5.41, 5.74) is 0.512. The van der Waals surface area contributed by atoms with Crippen LogP contribution in [0.3, 0.4) is 0 Å². The summed E-state index contributed by atoms with van der Waals surface area (Å²) in [6.45, 7) is -0.970. The van der Waals surface area contributed by atoms with Crippen molar-refractivity contribution < 1.29 is 37.7 Å². The van der Waals surface area contributed by atoms with E-state index in [4.69, 9.17) is 19.3 Å². The molecule has 0 atom stereocenters. The average Bonchev–Trinajstić information content (AvgIpc) is 2.96. The summed E-state index contributed by atoms with van der Waals surface area (Å²) in [7, 11) is 2.54. The van der Waals surface area contributed by atoms with Crippen LogP contribution in [0.25, 0.3) is 0 Å². The molecule has 0 saturated carbocycles. The fourth-order valence-electron chi connectivity index (χ4n) is 2.51. The van der Waals surface area contributed by atoms with E-state index < -0.39 is 24.9 Å². The predicted octanol–water partition coefficient (Wildman–Crippen LogP) is 1.01. The number of carbonyl (C=O) groups excluding carboxylic acids is 2. The zero-order valence-corrected chi connectivity index (χ0v) is 14.8. The van der Waals surface area contributed by atoms with Crippen LogP contribution in [-0.4, -0.2) is 68.8 Å². The number of benzene rings is 1. The molecule has 0 unspecified atom stereocenters. The second-order valence-electron chi connectivity index (χ2n) is 5.49. The first-order valence-electron chi connectivity index (χ1n) is 7.98. The summed E-state index contributed by atoms with van der Waals surface area (Å²) in [4.78, 5) is 25.7. The average molecular weight is 386 g/mol. The molecule has 1 aliphatic rings. The number of nitrogens with one attached hydrogen (secondary N) is 1. The van der Waals surface area contributed by atoms with Gasteiger partial charge in [-0.3, -0.25) is 4.79 Å². The lowest BCUT2D eigenvalue weighted by Gasteiger charge is -2.16. The van der Waals surface area contributed by atoms with Crippen molar-refractivity contribution in [1.82, 2.24) is 4.90 Å². The molecule has 148 valence electrons. The van der Waals surface area contributed by atoms with E-state index in [1.54, 1.807) is 0 Å². The SMILES string of the molecule is COC(=O)C1=C(Nc2ccc(OCC(F)F)c(OC)c2)C(=O)N(CCO)C1. The minimum Gasteiger partial charge on any atom is -0.493 e. The lowest BCUT2D eigenvalue weighted by atomic mass is 10.2. The molecule has 0 saturated heterocycles. The first-order valence-corrected chi connectivity index (χ1v) is 7.98. The maximum Gasteiger partial charge on any atom is 0.337 e. The second-order valence-corrected chi connectivity index (χ2v) is 5.49. The first kappa shape index (κ1) is 20.4. The maximum atomic E-state index is 12.5. The van der Waals surface area contributed by atoms with Gasteiger partial charge in [-0.15, -0.1) is 0 Å². The number of rotatable bonds is 9. The van der Waals surface area contributed by atoms with E-state index in [2.05, 4.69) is 5.32 Å². The van der Waals surface area contributed by atoms with Gasteiger partial charge in [0.05, 0.1) is 32.9 Å². The van der Waals surface area contributed by atoms with Gasteiger partial charge in [-0.05, 0) is 12.1 Å². The highest BCUT2D eigenvalue weighted by Gasteiger charge is 2.34. The van der Waals surface area contributed by atoms with Crippen LogP contribution in [0, 0.1) is 0 Å². The van der Waals surface area contributed by atoms with Crippen LogP contribution in [-0.2, 0) is 14.3 Å². The molecule has 0 spiro atoms. The van der Waals surface area contributed by atoms with Gasteiger partial charge in [0, 0.05) is 18.3 Å². The molecule has 1 heterocycles. The van der Waals surface area contributed by atoms with Gasteiger partial charge < -0.3 is 29.5 Å². The Bertz CT molecular complexity index is 738. The van der Waals surface area contributed by atoms with Crippen LogP contribution in [0.5, 0.6) is 11.5 Å². The van der Waals surface area contributed by atoms with E-state index >= 15 is 0 Å². The van der Waals surface area contributed by atoms with Crippen LogP contribution < -0.4 is 14.8 Å². The second kappa shape index (κ2) is 9.17. The van der Waals surface area contributed by atoms with Crippen LogP contribution in [0.15, 0.2) is 29.5 Å². The van der Waals surface area contributed by atoms with Crippen LogP contribution in [0.2, 0.25) is 0 Å². The number of hydrogen-bond acceptors (Lipinski definition) is 7. The van der Waals surface area contributed by atoms with Crippen molar-refractivity contribution >= 4 is 17.6 Å². The van der Waals surface area contributed by atoms with Gasteiger partial charge in [0.2, 0.25) is 0 Å². The van der Waals surface area contributed by atoms with Crippen molar-refractivity contribution in [3.8, 4) is 11.5 Å². The summed E-state index contributed by atoms with van der Waals surface area (Å²) in [6, 6.07) is 4.35. The number of aliphatic hydroxyl groups excluding tert-OH is 1. The standard InChI is InChI=1S/C17H20F2N2O6/c1-25-13-7-10(3-4-12(13)27-9-14(18)19)20-15-11(17(24)26-2)8-21(5-6-22)16(15)23/h3-4,7,14,20,22H,5-6,8-9H2,1-2H3. The quantitative estimate of drug-likeness (QED) is 0.612. The summed E-state index contributed by atoms with van der Waals surface area (Å²) in [5, 5.41) is 11.9. The summed E-state index contributed by atoms with van der Waals surface area (Å²) >= 11 is 0. The summed E-state index contributed by atoms with van der Waals surface area (Å²) < 4.78 is 39.4. The van der Waals surface area contributed by atoms with Gasteiger partial charge in [0.25, 0.3) is 12.3 Å². The molecule has 27 heavy (non-hydrogen) atoms. The van der Waals surface area contributed by atoms with E-state index in [-0.39, 0.29) is 42.5 Å². The smallest absolute Gasteiger partial charge is 0.337 e. The number of amides is 1. The van der Waals surface area contributed by atoms with Gasteiger partial charge in [-0.1, -0.05) is 0 Å². The van der Waals surface area contributed by atoms with Crippen molar-refractivity contribution in [2.45, 2.75) is 6.43 Å². The van der Waals surface area contributed by atoms with Crippen LogP contribution in [0.4, 0.5) is 14.5 Å². The number of esters is 1. The molecule has 1 aromatic rings. The minimum atomic E-state index is -2.63. The minimum absolute atomic E-state index is 0.00111. The third-order valence-electron chi connectivity index (χ3n) is 3.75. The van der Waals surface area contributed by atoms with Gasteiger partial charge >= 0.3 is 5.97 Å². The van der Waals surface area contributed by atoms with E-state index in [0.29, 0.717) is 5.69 Å². The monoisotopic (exact) mass is 386 g/mol. The van der Waals surface area contributed by atoms with E-state index in [1.807, 2.05) is 0 Å². The Labute approximate surface area is 154 Å². The number of alkyl halides is 2. The molecule has 1 aromatic carbocycles. The highest BCUT2D eigenvalue weighted by Crippen LogP contribution is 2.32. The molecule has 8 nitrogen and oxygen atoms in total. The van der Waals surface area contributed by atoms with Crippen molar-refractivity contribution in [3.63, 3.8) is 0 Å². The van der Waals surface area contributed by atoms with E-state index in [0.717, 1.165) is 0 Å². The Balaban J connectivity index is 2.27. The number of hydrogen-bond donors (Lipinski definition) is 2.